The van der Waals surface area contributed by atoms with Crippen LogP contribution >= 0.6 is 0 Å². The number of carbonyl (C=O) groups excluding carboxylic acids is 1. The molecule has 6 nitrogen and oxygen atoms in total. The molecule has 128 valence electrons. The van der Waals surface area contributed by atoms with Gasteiger partial charge in [0.2, 0.25) is 5.95 Å². The number of anilines is 1. The normalized spacial score (nSPS) is 12.7. The van der Waals surface area contributed by atoms with Crippen molar-refractivity contribution in [3.05, 3.63) is 88.7 Å². The fourth-order valence-corrected chi connectivity index (χ4v) is 3.07. The number of hydrogen-bond donors (Lipinski definition) is 3. The zero-order valence-electron chi connectivity index (χ0n) is 13.8. The van der Waals surface area contributed by atoms with Crippen LogP contribution in [-0.2, 0) is 0 Å². The predicted octanol–water partition coefficient (Wildman–Crippen LogP) is 3.28. The Kier molecular flexibility index (Phi) is 4.17. The third-order valence-electron chi connectivity index (χ3n) is 4.35. The Balaban J connectivity index is 1.74. The third-order valence-corrected chi connectivity index (χ3v) is 4.35. The molecular formula is C20H16N4O2. The molecule has 1 heterocycles. The molecule has 1 aliphatic rings. The summed E-state index contributed by atoms with van der Waals surface area (Å²) in [6.45, 7) is 0. The fourth-order valence-electron chi connectivity index (χ4n) is 3.07. The Hall–Kier alpha value is -3.51. The topological polar surface area (TPSA) is 87.1 Å². The minimum atomic E-state index is -0.647. The van der Waals surface area contributed by atoms with Crippen LogP contribution in [0.3, 0.4) is 0 Å². The molecule has 0 saturated carbocycles. The molecule has 4 rings (SSSR count). The Morgan fingerprint density at radius 2 is 1.42 bits per heavy atom. The molecule has 0 fully saturated rings. The van der Waals surface area contributed by atoms with E-state index < -0.39 is 5.91 Å². The SMILES string of the molecule is O=C(NO)c1cnc(NC2c3ccccc3C=Cc3ccccc32)nc1. The number of fused-ring (bicyclic) bond motifs is 2. The van der Waals surface area contributed by atoms with E-state index in [1.807, 2.05) is 24.3 Å². The number of carbonyl (C=O) groups is 1. The van der Waals surface area contributed by atoms with Crippen LogP contribution < -0.4 is 10.8 Å². The molecule has 0 bridgehead atoms. The van der Waals surface area contributed by atoms with E-state index in [0.29, 0.717) is 5.95 Å². The Morgan fingerprint density at radius 1 is 0.885 bits per heavy atom. The summed E-state index contributed by atoms with van der Waals surface area (Å²) in [4.78, 5) is 19.8. The minimum Gasteiger partial charge on any atom is -0.343 e. The van der Waals surface area contributed by atoms with Gasteiger partial charge in [-0.2, -0.15) is 0 Å². The molecular weight excluding hydrogens is 328 g/mol. The Labute approximate surface area is 150 Å². The molecule has 1 amide bonds. The van der Waals surface area contributed by atoms with Gasteiger partial charge in [-0.25, -0.2) is 15.4 Å². The van der Waals surface area contributed by atoms with E-state index in [4.69, 9.17) is 5.21 Å². The number of amides is 1. The lowest BCUT2D eigenvalue weighted by molar-refractivity contribution is 0.0705. The summed E-state index contributed by atoms with van der Waals surface area (Å²) in [7, 11) is 0. The first kappa shape index (κ1) is 16.0. The molecule has 0 unspecified atom stereocenters. The molecule has 3 aromatic rings. The van der Waals surface area contributed by atoms with Gasteiger partial charge in [0.1, 0.15) is 0 Å². The van der Waals surface area contributed by atoms with Crippen LogP contribution in [-0.4, -0.2) is 21.1 Å². The molecule has 0 saturated heterocycles. The van der Waals surface area contributed by atoms with E-state index in [9.17, 15) is 4.79 Å². The lowest BCUT2D eigenvalue weighted by atomic mass is 9.94. The summed E-state index contributed by atoms with van der Waals surface area (Å²) in [6.07, 6.45) is 6.94. The number of hydrogen-bond acceptors (Lipinski definition) is 5. The molecule has 0 atom stereocenters. The summed E-state index contributed by atoms with van der Waals surface area (Å²) in [6, 6.07) is 16.2. The highest BCUT2D eigenvalue weighted by Gasteiger charge is 2.21. The second-order valence-corrected chi connectivity index (χ2v) is 5.90. The Bertz CT molecular complexity index is 934. The van der Waals surface area contributed by atoms with Gasteiger partial charge in [-0.1, -0.05) is 60.7 Å². The number of nitrogens with one attached hydrogen (secondary N) is 2. The van der Waals surface area contributed by atoms with Crippen LogP contribution in [0.15, 0.2) is 60.9 Å². The Morgan fingerprint density at radius 3 is 1.96 bits per heavy atom. The maximum atomic E-state index is 11.4. The van der Waals surface area contributed by atoms with E-state index in [1.54, 1.807) is 5.48 Å². The van der Waals surface area contributed by atoms with Crippen LogP contribution in [0.2, 0.25) is 0 Å². The smallest absolute Gasteiger partial charge is 0.277 e. The van der Waals surface area contributed by atoms with Crippen molar-refractivity contribution in [3.63, 3.8) is 0 Å². The van der Waals surface area contributed by atoms with Gasteiger partial charge in [-0.15, -0.1) is 0 Å². The van der Waals surface area contributed by atoms with Gasteiger partial charge in [-0.3, -0.25) is 10.0 Å². The number of benzene rings is 2. The van der Waals surface area contributed by atoms with Crippen LogP contribution in [0, 0.1) is 0 Å². The minimum absolute atomic E-state index is 0.130. The molecule has 6 heteroatoms. The highest BCUT2D eigenvalue weighted by molar-refractivity contribution is 5.92. The monoisotopic (exact) mass is 344 g/mol. The first-order chi connectivity index (χ1) is 12.8. The lowest BCUT2D eigenvalue weighted by Crippen LogP contribution is -2.20. The molecule has 1 aromatic heterocycles. The van der Waals surface area contributed by atoms with Gasteiger partial charge in [0.15, 0.2) is 0 Å². The van der Waals surface area contributed by atoms with Gasteiger partial charge in [0, 0.05) is 12.4 Å². The highest BCUT2D eigenvalue weighted by atomic mass is 16.5. The summed E-state index contributed by atoms with van der Waals surface area (Å²) in [5.74, 6) is -0.248. The van der Waals surface area contributed by atoms with Crippen molar-refractivity contribution in [3.8, 4) is 0 Å². The van der Waals surface area contributed by atoms with Gasteiger partial charge in [0.25, 0.3) is 5.91 Å². The molecule has 0 radical (unpaired) electrons. The van der Waals surface area contributed by atoms with Gasteiger partial charge < -0.3 is 5.32 Å². The summed E-state index contributed by atoms with van der Waals surface area (Å²) >= 11 is 0. The first-order valence-corrected chi connectivity index (χ1v) is 8.15. The molecule has 3 N–H and O–H groups in total. The van der Waals surface area contributed by atoms with Crippen LogP contribution in [0.25, 0.3) is 12.2 Å². The van der Waals surface area contributed by atoms with Crippen LogP contribution in [0.5, 0.6) is 0 Å². The van der Waals surface area contributed by atoms with Gasteiger partial charge in [-0.05, 0) is 22.3 Å². The second-order valence-electron chi connectivity index (χ2n) is 5.90. The summed E-state index contributed by atoms with van der Waals surface area (Å²) in [5, 5.41) is 12.1. The molecule has 0 spiro atoms. The zero-order valence-corrected chi connectivity index (χ0v) is 13.8. The quantitative estimate of drug-likeness (QED) is 0.501. The average Bonchev–Trinajstić information content (AvgIpc) is 2.86. The van der Waals surface area contributed by atoms with E-state index in [0.717, 1.165) is 22.3 Å². The largest absolute Gasteiger partial charge is 0.343 e. The van der Waals surface area contributed by atoms with Crippen molar-refractivity contribution < 1.29 is 10.0 Å². The standard InChI is InChI=1S/C20H16N4O2/c25-19(24-26)15-11-21-20(22-12-15)23-18-16-7-3-1-5-13(16)9-10-14-6-2-4-8-17(14)18/h1-12,18,26H,(H,24,25)(H,21,22,23). The summed E-state index contributed by atoms with van der Waals surface area (Å²) < 4.78 is 0. The number of nitrogens with zero attached hydrogens (tertiary/aromatic N) is 2. The number of aromatic nitrogens is 2. The van der Waals surface area contributed by atoms with Gasteiger partial charge >= 0.3 is 0 Å². The maximum absolute atomic E-state index is 11.4. The fraction of sp³-hybridized carbons (Fsp3) is 0.0500. The van der Waals surface area contributed by atoms with Crippen molar-refractivity contribution >= 4 is 24.0 Å². The third kappa shape index (κ3) is 2.94. The van der Waals surface area contributed by atoms with E-state index in [2.05, 4.69) is 51.7 Å². The molecule has 26 heavy (non-hydrogen) atoms. The van der Waals surface area contributed by atoms with Crippen molar-refractivity contribution in [1.82, 2.24) is 15.4 Å². The zero-order chi connectivity index (χ0) is 17.9. The van der Waals surface area contributed by atoms with Crippen LogP contribution in [0.4, 0.5) is 5.95 Å². The van der Waals surface area contributed by atoms with Crippen molar-refractivity contribution in [1.29, 1.82) is 0 Å². The molecule has 1 aliphatic carbocycles. The van der Waals surface area contributed by atoms with E-state index in [1.165, 1.54) is 12.4 Å². The average molecular weight is 344 g/mol. The number of rotatable bonds is 3. The highest BCUT2D eigenvalue weighted by Crippen LogP contribution is 2.34. The second kappa shape index (κ2) is 6.78. The summed E-state index contributed by atoms with van der Waals surface area (Å²) in [5.41, 5.74) is 6.24. The first-order valence-electron chi connectivity index (χ1n) is 8.15. The van der Waals surface area contributed by atoms with E-state index in [-0.39, 0.29) is 11.6 Å². The van der Waals surface area contributed by atoms with Gasteiger partial charge in [0.05, 0.1) is 11.6 Å². The van der Waals surface area contributed by atoms with Crippen molar-refractivity contribution in [2.24, 2.45) is 0 Å². The van der Waals surface area contributed by atoms with Crippen molar-refractivity contribution in [2.45, 2.75) is 6.04 Å². The van der Waals surface area contributed by atoms with E-state index >= 15 is 0 Å². The number of hydroxylamine groups is 1. The van der Waals surface area contributed by atoms with Crippen LogP contribution in [0.1, 0.15) is 38.7 Å². The lowest BCUT2D eigenvalue weighted by Gasteiger charge is -2.21. The molecule has 0 aliphatic heterocycles. The molecule has 2 aromatic carbocycles. The maximum Gasteiger partial charge on any atom is 0.277 e. The van der Waals surface area contributed by atoms with Crippen molar-refractivity contribution in [2.75, 3.05) is 5.32 Å². The predicted molar refractivity (Wildman–Crippen MR) is 98.6 cm³/mol.